The largest absolute Gasteiger partial charge is 0.472 e. The van der Waals surface area contributed by atoms with Crippen molar-refractivity contribution in [3.63, 3.8) is 0 Å². The quantitative estimate of drug-likeness (QED) is 0.725. The van der Waals surface area contributed by atoms with E-state index < -0.39 is 0 Å². The van der Waals surface area contributed by atoms with E-state index in [9.17, 15) is 4.79 Å². The number of ether oxygens (including phenoxy) is 5. The summed E-state index contributed by atoms with van der Waals surface area (Å²) in [6.45, 7) is 7.96. The van der Waals surface area contributed by atoms with Crippen LogP contribution in [0, 0.1) is 11.3 Å². The smallest absolute Gasteiger partial charge is 0.337 e. The molecule has 0 bridgehead atoms. The SMILES string of the molecule is CCO[C@@H]1C[C@H](CC2OCC(C)(C)CO2)C(C(=O)OC)=CO1. The lowest BCUT2D eigenvalue weighted by Crippen LogP contribution is -2.40. The standard InChI is InChI=1S/C16H26O6/c1-5-19-13-6-11(12(8-20-13)15(17)18-4)7-14-21-9-16(2,3)10-22-14/h8,11,13-14H,5-7,9-10H2,1-4H3/t11-,13+/m1/s1. The zero-order valence-electron chi connectivity index (χ0n) is 13.8. The molecule has 0 N–H and O–H groups in total. The Morgan fingerprint density at radius 2 is 2.05 bits per heavy atom. The molecule has 0 unspecified atom stereocenters. The van der Waals surface area contributed by atoms with Gasteiger partial charge >= 0.3 is 5.97 Å². The maximum atomic E-state index is 11.9. The van der Waals surface area contributed by atoms with Crippen LogP contribution in [-0.4, -0.2) is 45.5 Å². The number of carbonyl (C=O) groups is 1. The number of methoxy groups -OCH3 is 1. The first-order chi connectivity index (χ1) is 10.4. The Kier molecular flexibility index (Phi) is 5.83. The summed E-state index contributed by atoms with van der Waals surface area (Å²) in [7, 11) is 1.37. The van der Waals surface area contributed by atoms with E-state index >= 15 is 0 Å². The highest BCUT2D eigenvalue weighted by molar-refractivity contribution is 5.88. The number of hydrogen-bond acceptors (Lipinski definition) is 6. The summed E-state index contributed by atoms with van der Waals surface area (Å²) in [6.07, 6.45) is 1.97. The number of hydrogen-bond donors (Lipinski definition) is 0. The van der Waals surface area contributed by atoms with Crippen LogP contribution in [0.15, 0.2) is 11.8 Å². The van der Waals surface area contributed by atoms with Crippen molar-refractivity contribution in [3.05, 3.63) is 11.8 Å². The van der Waals surface area contributed by atoms with Gasteiger partial charge in [0.1, 0.15) is 0 Å². The minimum absolute atomic E-state index is 0.0288. The van der Waals surface area contributed by atoms with Crippen LogP contribution in [-0.2, 0) is 28.5 Å². The zero-order chi connectivity index (χ0) is 16.2. The molecule has 0 amide bonds. The molecule has 2 aliphatic rings. The summed E-state index contributed by atoms with van der Waals surface area (Å²) < 4.78 is 27.3. The molecule has 0 radical (unpaired) electrons. The summed E-state index contributed by atoms with van der Waals surface area (Å²) in [5, 5.41) is 0. The molecule has 1 fully saturated rings. The Morgan fingerprint density at radius 1 is 1.36 bits per heavy atom. The van der Waals surface area contributed by atoms with Crippen molar-refractivity contribution >= 4 is 5.97 Å². The molecular weight excluding hydrogens is 288 g/mol. The van der Waals surface area contributed by atoms with Crippen LogP contribution >= 0.6 is 0 Å². The minimum Gasteiger partial charge on any atom is -0.472 e. The maximum absolute atomic E-state index is 11.9. The predicted octanol–water partition coefficient (Wildman–Crippen LogP) is 2.23. The lowest BCUT2D eigenvalue weighted by Gasteiger charge is -2.37. The summed E-state index contributed by atoms with van der Waals surface area (Å²) >= 11 is 0. The van der Waals surface area contributed by atoms with Crippen molar-refractivity contribution in [2.24, 2.45) is 11.3 Å². The van der Waals surface area contributed by atoms with Gasteiger partial charge in [0.15, 0.2) is 12.6 Å². The molecular formula is C16H26O6. The van der Waals surface area contributed by atoms with Gasteiger partial charge in [0.05, 0.1) is 32.2 Å². The Labute approximate surface area is 131 Å². The Morgan fingerprint density at radius 3 is 2.64 bits per heavy atom. The predicted molar refractivity (Wildman–Crippen MR) is 78.8 cm³/mol. The van der Waals surface area contributed by atoms with Crippen LogP contribution in [0.5, 0.6) is 0 Å². The molecule has 0 aromatic carbocycles. The van der Waals surface area contributed by atoms with Crippen LogP contribution in [0.3, 0.4) is 0 Å². The van der Waals surface area contributed by atoms with E-state index in [2.05, 4.69) is 13.8 Å². The van der Waals surface area contributed by atoms with Crippen LogP contribution in [0.2, 0.25) is 0 Å². The van der Waals surface area contributed by atoms with Gasteiger partial charge in [-0.25, -0.2) is 4.79 Å². The molecule has 0 spiro atoms. The van der Waals surface area contributed by atoms with Crippen molar-refractivity contribution < 1.29 is 28.5 Å². The molecule has 2 aliphatic heterocycles. The van der Waals surface area contributed by atoms with Gasteiger partial charge in [-0.3, -0.25) is 0 Å². The zero-order valence-corrected chi connectivity index (χ0v) is 13.8. The van der Waals surface area contributed by atoms with E-state index in [1.165, 1.54) is 13.4 Å². The van der Waals surface area contributed by atoms with Crippen LogP contribution in [0.4, 0.5) is 0 Å². The van der Waals surface area contributed by atoms with Crippen molar-refractivity contribution in [2.75, 3.05) is 26.9 Å². The fourth-order valence-corrected chi connectivity index (χ4v) is 2.60. The summed E-state index contributed by atoms with van der Waals surface area (Å²) in [6, 6.07) is 0. The third-order valence-electron chi connectivity index (χ3n) is 3.83. The molecule has 2 atom stereocenters. The molecule has 0 aromatic heterocycles. The molecule has 126 valence electrons. The Hall–Kier alpha value is -1.11. The molecule has 0 saturated carbocycles. The lowest BCUT2D eigenvalue weighted by molar-refractivity contribution is -0.230. The molecule has 2 rings (SSSR count). The van der Waals surface area contributed by atoms with Gasteiger partial charge in [-0.2, -0.15) is 0 Å². The number of esters is 1. The summed E-state index contributed by atoms with van der Waals surface area (Å²) in [5.41, 5.74) is 0.539. The van der Waals surface area contributed by atoms with E-state index in [1.54, 1.807) is 0 Å². The highest BCUT2D eigenvalue weighted by atomic mass is 16.7. The fraction of sp³-hybridized carbons (Fsp3) is 0.812. The second kappa shape index (κ2) is 7.44. The lowest BCUT2D eigenvalue weighted by atomic mass is 9.90. The summed E-state index contributed by atoms with van der Waals surface area (Å²) in [4.78, 5) is 11.9. The number of carbonyl (C=O) groups excluding carboxylic acids is 1. The maximum Gasteiger partial charge on any atom is 0.337 e. The average molecular weight is 314 g/mol. The highest BCUT2D eigenvalue weighted by Crippen LogP contribution is 2.33. The second-order valence-electron chi connectivity index (χ2n) is 6.47. The van der Waals surface area contributed by atoms with Gasteiger partial charge in [-0.15, -0.1) is 0 Å². The van der Waals surface area contributed by atoms with Crippen molar-refractivity contribution in [1.82, 2.24) is 0 Å². The third kappa shape index (κ3) is 4.44. The monoisotopic (exact) mass is 314 g/mol. The van der Waals surface area contributed by atoms with E-state index in [0.717, 1.165) is 0 Å². The van der Waals surface area contributed by atoms with Gasteiger partial charge in [0.2, 0.25) is 0 Å². The molecule has 6 nitrogen and oxygen atoms in total. The van der Waals surface area contributed by atoms with Crippen molar-refractivity contribution in [2.45, 2.75) is 46.2 Å². The number of rotatable bonds is 5. The van der Waals surface area contributed by atoms with Crippen molar-refractivity contribution in [1.29, 1.82) is 0 Å². The molecule has 1 saturated heterocycles. The topological polar surface area (TPSA) is 63.2 Å². The first kappa shape index (κ1) is 17.2. The molecule has 22 heavy (non-hydrogen) atoms. The molecule has 2 heterocycles. The van der Waals surface area contributed by atoms with E-state index in [-0.39, 0.29) is 29.9 Å². The third-order valence-corrected chi connectivity index (χ3v) is 3.83. The van der Waals surface area contributed by atoms with E-state index in [0.29, 0.717) is 38.2 Å². The Bertz CT molecular complexity index is 407. The highest BCUT2D eigenvalue weighted by Gasteiger charge is 2.35. The normalized spacial score (nSPS) is 28.6. The second-order valence-corrected chi connectivity index (χ2v) is 6.47. The van der Waals surface area contributed by atoms with E-state index in [1.807, 2.05) is 6.92 Å². The fourth-order valence-electron chi connectivity index (χ4n) is 2.60. The van der Waals surface area contributed by atoms with Crippen LogP contribution < -0.4 is 0 Å². The summed E-state index contributed by atoms with van der Waals surface area (Å²) in [5.74, 6) is -0.444. The van der Waals surface area contributed by atoms with Crippen LogP contribution in [0.1, 0.15) is 33.6 Å². The first-order valence-electron chi connectivity index (χ1n) is 7.74. The first-order valence-corrected chi connectivity index (χ1v) is 7.74. The Balaban J connectivity index is 2.00. The van der Waals surface area contributed by atoms with Gasteiger partial charge in [-0.05, 0) is 6.92 Å². The van der Waals surface area contributed by atoms with Gasteiger partial charge in [0.25, 0.3) is 0 Å². The van der Waals surface area contributed by atoms with Crippen molar-refractivity contribution in [3.8, 4) is 0 Å². The van der Waals surface area contributed by atoms with Gasteiger partial charge in [0, 0.05) is 30.8 Å². The van der Waals surface area contributed by atoms with Gasteiger partial charge in [-0.1, -0.05) is 13.8 Å². The molecule has 0 aliphatic carbocycles. The molecule has 0 aromatic rings. The molecule has 6 heteroatoms. The van der Waals surface area contributed by atoms with Gasteiger partial charge < -0.3 is 23.7 Å². The van der Waals surface area contributed by atoms with E-state index in [4.69, 9.17) is 23.7 Å². The van der Waals surface area contributed by atoms with Crippen LogP contribution in [0.25, 0.3) is 0 Å². The average Bonchev–Trinajstić information content (AvgIpc) is 2.49. The minimum atomic E-state index is -0.379.